The third-order valence-electron chi connectivity index (χ3n) is 3.53. The Bertz CT molecular complexity index is 922. The number of nitrogens with zero attached hydrogens (tertiary/aromatic N) is 2. The standard InChI is InChI=1S/C19H17F2N3O2S/c1-11(2)27-13-8-6-12(7-9-13)10-16-23-24-19(26-16)22-18(25)17-14(20)4-3-5-15(17)21/h3-9,11H,10H2,1-2H3,(H,22,24,25). The molecule has 2 aromatic carbocycles. The molecule has 0 fully saturated rings. The van der Waals surface area contributed by atoms with E-state index in [1.165, 1.54) is 11.0 Å². The van der Waals surface area contributed by atoms with Gasteiger partial charge in [0.25, 0.3) is 5.91 Å². The minimum absolute atomic E-state index is 0.218. The van der Waals surface area contributed by atoms with Crippen molar-refractivity contribution in [2.24, 2.45) is 0 Å². The van der Waals surface area contributed by atoms with Crippen LogP contribution in [0.5, 0.6) is 0 Å². The number of carbonyl (C=O) groups excluding carboxylic acids is 1. The Hall–Kier alpha value is -2.74. The van der Waals surface area contributed by atoms with Gasteiger partial charge in [-0.1, -0.05) is 37.1 Å². The molecule has 1 N–H and O–H groups in total. The van der Waals surface area contributed by atoms with Crippen molar-refractivity contribution in [1.29, 1.82) is 0 Å². The van der Waals surface area contributed by atoms with Crippen LogP contribution < -0.4 is 5.32 Å². The number of hydrogen-bond acceptors (Lipinski definition) is 5. The van der Waals surface area contributed by atoms with Crippen LogP contribution in [0, 0.1) is 11.6 Å². The maximum Gasteiger partial charge on any atom is 0.322 e. The van der Waals surface area contributed by atoms with Gasteiger partial charge in [0.05, 0.1) is 6.42 Å². The van der Waals surface area contributed by atoms with Gasteiger partial charge in [0.15, 0.2) is 0 Å². The fourth-order valence-electron chi connectivity index (χ4n) is 2.38. The van der Waals surface area contributed by atoms with Gasteiger partial charge in [-0.25, -0.2) is 8.78 Å². The molecule has 0 saturated carbocycles. The maximum absolute atomic E-state index is 13.6. The number of benzene rings is 2. The van der Waals surface area contributed by atoms with Gasteiger partial charge < -0.3 is 4.42 Å². The van der Waals surface area contributed by atoms with Gasteiger partial charge in [-0.05, 0) is 29.8 Å². The number of anilines is 1. The topological polar surface area (TPSA) is 68.0 Å². The monoisotopic (exact) mass is 389 g/mol. The molecule has 1 amide bonds. The molecule has 27 heavy (non-hydrogen) atoms. The zero-order chi connectivity index (χ0) is 19.4. The first-order valence-corrected chi connectivity index (χ1v) is 9.13. The lowest BCUT2D eigenvalue weighted by atomic mass is 10.1. The number of carbonyl (C=O) groups is 1. The average Bonchev–Trinajstić information content (AvgIpc) is 3.03. The van der Waals surface area contributed by atoms with Crippen LogP contribution in [-0.4, -0.2) is 21.4 Å². The van der Waals surface area contributed by atoms with Crippen LogP contribution in [0.4, 0.5) is 14.8 Å². The van der Waals surface area contributed by atoms with E-state index in [-0.39, 0.29) is 11.9 Å². The van der Waals surface area contributed by atoms with Crippen molar-refractivity contribution in [3.05, 3.63) is 71.1 Å². The molecule has 5 nitrogen and oxygen atoms in total. The Labute approximate surface area is 159 Å². The van der Waals surface area contributed by atoms with Crippen LogP contribution in [0.15, 0.2) is 51.8 Å². The number of hydrogen-bond donors (Lipinski definition) is 1. The minimum Gasteiger partial charge on any atom is -0.407 e. The van der Waals surface area contributed by atoms with E-state index in [9.17, 15) is 13.6 Å². The van der Waals surface area contributed by atoms with E-state index in [4.69, 9.17) is 4.42 Å². The van der Waals surface area contributed by atoms with E-state index >= 15 is 0 Å². The molecular formula is C19H17F2N3O2S. The summed E-state index contributed by atoms with van der Waals surface area (Å²) in [6, 6.07) is 10.9. The summed E-state index contributed by atoms with van der Waals surface area (Å²) in [7, 11) is 0. The van der Waals surface area contributed by atoms with E-state index < -0.39 is 23.1 Å². The molecule has 8 heteroatoms. The van der Waals surface area contributed by atoms with E-state index in [0.717, 1.165) is 17.7 Å². The van der Waals surface area contributed by atoms with Gasteiger partial charge in [0, 0.05) is 10.1 Å². The fourth-order valence-corrected chi connectivity index (χ4v) is 3.22. The van der Waals surface area contributed by atoms with Crippen molar-refractivity contribution < 1.29 is 18.0 Å². The first kappa shape index (κ1) is 19.0. The lowest BCUT2D eigenvalue weighted by Crippen LogP contribution is -2.16. The van der Waals surface area contributed by atoms with Crippen LogP contribution in [0.1, 0.15) is 35.7 Å². The molecule has 0 aliphatic rings. The molecule has 0 saturated heterocycles. The number of amides is 1. The zero-order valence-electron chi connectivity index (χ0n) is 14.7. The molecule has 1 aromatic heterocycles. The molecule has 140 valence electrons. The van der Waals surface area contributed by atoms with Crippen LogP contribution in [0.3, 0.4) is 0 Å². The number of halogens is 2. The number of thioether (sulfide) groups is 1. The molecule has 3 aromatic rings. The summed E-state index contributed by atoms with van der Waals surface area (Å²) in [5, 5.41) is 10.3. The molecule has 0 radical (unpaired) electrons. The smallest absolute Gasteiger partial charge is 0.322 e. The summed E-state index contributed by atoms with van der Waals surface area (Å²) in [4.78, 5) is 13.2. The molecular weight excluding hydrogens is 372 g/mol. The van der Waals surface area contributed by atoms with Crippen molar-refractivity contribution in [2.45, 2.75) is 30.4 Å². The van der Waals surface area contributed by atoms with Crippen LogP contribution in [0.25, 0.3) is 0 Å². The second kappa shape index (κ2) is 8.30. The SMILES string of the molecule is CC(C)Sc1ccc(Cc2nnc(NC(=O)c3c(F)cccc3F)o2)cc1. The van der Waals surface area contributed by atoms with Crippen LogP contribution >= 0.6 is 11.8 Å². The first-order valence-electron chi connectivity index (χ1n) is 8.25. The van der Waals surface area contributed by atoms with Gasteiger partial charge in [0.1, 0.15) is 17.2 Å². The number of nitrogens with one attached hydrogen (secondary N) is 1. The number of rotatable bonds is 6. The Morgan fingerprint density at radius 2 is 1.78 bits per heavy atom. The fraction of sp³-hybridized carbons (Fsp3) is 0.211. The lowest BCUT2D eigenvalue weighted by Gasteiger charge is -2.05. The quantitative estimate of drug-likeness (QED) is 0.620. The van der Waals surface area contributed by atoms with Gasteiger partial charge >= 0.3 is 6.01 Å². The van der Waals surface area contributed by atoms with Crippen molar-refractivity contribution in [3.8, 4) is 0 Å². The summed E-state index contributed by atoms with van der Waals surface area (Å²) in [6.45, 7) is 4.25. The summed E-state index contributed by atoms with van der Waals surface area (Å²) >= 11 is 1.76. The molecule has 0 spiro atoms. The normalized spacial score (nSPS) is 11.0. The predicted molar refractivity (Wildman–Crippen MR) is 98.9 cm³/mol. The first-order chi connectivity index (χ1) is 12.9. The Morgan fingerprint density at radius 3 is 2.41 bits per heavy atom. The molecule has 0 atom stereocenters. The highest BCUT2D eigenvalue weighted by Gasteiger charge is 2.19. The maximum atomic E-state index is 13.6. The molecule has 0 unspecified atom stereocenters. The second-order valence-electron chi connectivity index (χ2n) is 6.04. The highest BCUT2D eigenvalue weighted by molar-refractivity contribution is 7.99. The number of aromatic nitrogens is 2. The van der Waals surface area contributed by atoms with Crippen LogP contribution in [-0.2, 0) is 6.42 Å². The third kappa shape index (κ3) is 4.91. The third-order valence-corrected chi connectivity index (χ3v) is 4.54. The summed E-state index contributed by atoms with van der Waals surface area (Å²) < 4.78 is 32.6. The van der Waals surface area contributed by atoms with Crippen molar-refractivity contribution in [3.63, 3.8) is 0 Å². The molecule has 0 bridgehead atoms. The van der Waals surface area contributed by atoms with Crippen molar-refractivity contribution in [1.82, 2.24) is 10.2 Å². The van der Waals surface area contributed by atoms with Crippen molar-refractivity contribution in [2.75, 3.05) is 5.32 Å². The predicted octanol–water partition coefficient (Wildman–Crippen LogP) is 4.69. The summed E-state index contributed by atoms with van der Waals surface area (Å²) in [5.41, 5.74) is 0.264. The average molecular weight is 389 g/mol. The molecule has 0 aliphatic heterocycles. The second-order valence-corrected chi connectivity index (χ2v) is 7.69. The van der Waals surface area contributed by atoms with Crippen LogP contribution in [0.2, 0.25) is 0 Å². The largest absolute Gasteiger partial charge is 0.407 e. The van der Waals surface area contributed by atoms with Gasteiger partial charge in [-0.2, -0.15) is 0 Å². The summed E-state index contributed by atoms with van der Waals surface area (Å²) in [5.74, 6) is -2.64. The lowest BCUT2D eigenvalue weighted by molar-refractivity contribution is 0.101. The molecule has 1 heterocycles. The Morgan fingerprint density at radius 1 is 1.11 bits per heavy atom. The van der Waals surface area contributed by atoms with E-state index in [1.54, 1.807) is 11.8 Å². The minimum atomic E-state index is -0.990. The highest BCUT2D eigenvalue weighted by Crippen LogP contribution is 2.23. The van der Waals surface area contributed by atoms with Crippen molar-refractivity contribution >= 4 is 23.7 Å². The van der Waals surface area contributed by atoms with Gasteiger partial charge in [-0.15, -0.1) is 16.9 Å². The van der Waals surface area contributed by atoms with Gasteiger partial charge in [0.2, 0.25) is 5.89 Å². The Kier molecular flexibility index (Phi) is 5.85. The van der Waals surface area contributed by atoms with E-state index in [2.05, 4.69) is 29.4 Å². The molecule has 3 rings (SSSR count). The van der Waals surface area contributed by atoms with E-state index in [1.807, 2.05) is 24.3 Å². The highest BCUT2D eigenvalue weighted by atomic mass is 32.2. The molecule has 0 aliphatic carbocycles. The van der Waals surface area contributed by atoms with Gasteiger partial charge in [-0.3, -0.25) is 10.1 Å². The summed E-state index contributed by atoms with van der Waals surface area (Å²) in [6.07, 6.45) is 0.379. The Balaban J connectivity index is 1.65. The zero-order valence-corrected chi connectivity index (χ0v) is 15.5. The van der Waals surface area contributed by atoms with E-state index in [0.29, 0.717) is 11.7 Å².